The van der Waals surface area contributed by atoms with Crippen molar-refractivity contribution in [1.82, 2.24) is 10.2 Å². The van der Waals surface area contributed by atoms with Crippen LogP contribution in [0.3, 0.4) is 0 Å². The molecule has 5 heteroatoms. The molecule has 15 heavy (non-hydrogen) atoms. The highest BCUT2D eigenvalue weighted by Crippen LogP contribution is 2.38. The fourth-order valence-corrected chi connectivity index (χ4v) is 3.24. The highest BCUT2D eigenvalue weighted by atomic mass is 35.5. The highest BCUT2D eigenvalue weighted by molar-refractivity contribution is 7.99. The zero-order valence-corrected chi connectivity index (χ0v) is 9.28. The third-order valence-electron chi connectivity index (χ3n) is 2.52. The van der Waals surface area contributed by atoms with Crippen molar-refractivity contribution in [2.24, 2.45) is 0 Å². The van der Waals surface area contributed by atoms with Gasteiger partial charge in [-0.25, -0.2) is 5.10 Å². The van der Waals surface area contributed by atoms with Gasteiger partial charge < -0.3 is 0 Å². The van der Waals surface area contributed by atoms with Crippen LogP contribution in [0.5, 0.6) is 0 Å². The van der Waals surface area contributed by atoms with E-state index in [9.17, 15) is 4.79 Å². The molecule has 0 spiro atoms. The molecule has 0 unspecified atom stereocenters. The van der Waals surface area contributed by atoms with Gasteiger partial charge in [0.05, 0.1) is 16.1 Å². The largest absolute Gasteiger partial charge is 0.272 e. The number of hydrogen-bond donors (Lipinski definition) is 1. The van der Waals surface area contributed by atoms with E-state index in [-0.39, 0.29) is 5.56 Å². The van der Waals surface area contributed by atoms with Gasteiger partial charge in [-0.1, -0.05) is 11.6 Å². The Morgan fingerprint density at radius 1 is 1.47 bits per heavy atom. The first-order valence-electron chi connectivity index (χ1n) is 4.60. The van der Waals surface area contributed by atoms with Crippen molar-refractivity contribution >= 4 is 34.1 Å². The number of hydrogen-bond acceptors (Lipinski definition) is 3. The van der Waals surface area contributed by atoms with Gasteiger partial charge in [-0.15, -0.1) is 11.8 Å². The average molecular weight is 239 g/mol. The summed E-state index contributed by atoms with van der Waals surface area (Å²) in [5.41, 5.74) is 0.801. The number of nitrogens with one attached hydrogen (secondary N) is 1. The Morgan fingerprint density at radius 3 is 3.20 bits per heavy atom. The molecule has 2 aromatic rings. The molecule has 0 saturated carbocycles. The molecule has 0 atom stereocenters. The normalized spacial score (nSPS) is 14.5. The van der Waals surface area contributed by atoms with E-state index in [1.54, 1.807) is 23.9 Å². The van der Waals surface area contributed by atoms with Gasteiger partial charge in [0.1, 0.15) is 0 Å². The second-order valence-corrected chi connectivity index (χ2v) is 4.91. The molecule has 1 aromatic carbocycles. The number of halogens is 1. The molecule has 0 amide bonds. The molecule has 0 bridgehead atoms. The van der Waals surface area contributed by atoms with E-state index in [1.807, 2.05) is 0 Å². The molecule has 0 aliphatic carbocycles. The molecule has 3 nitrogen and oxygen atoms in total. The minimum Gasteiger partial charge on any atom is -0.267 e. The smallest absolute Gasteiger partial charge is 0.267 e. The second kappa shape index (κ2) is 3.25. The summed E-state index contributed by atoms with van der Waals surface area (Å²) in [4.78, 5) is 12.6. The summed E-state index contributed by atoms with van der Waals surface area (Å²) >= 11 is 7.79. The van der Waals surface area contributed by atoms with Crippen molar-refractivity contribution in [2.75, 3.05) is 5.75 Å². The second-order valence-electron chi connectivity index (χ2n) is 3.40. The van der Waals surface area contributed by atoms with Gasteiger partial charge >= 0.3 is 0 Å². The lowest BCUT2D eigenvalue weighted by Crippen LogP contribution is -2.14. The van der Waals surface area contributed by atoms with Crippen molar-refractivity contribution in [3.63, 3.8) is 0 Å². The van der Waals surface area contributed by atoms with E-state index in [2.05, 4.69) is 10.2 Å². The number of nitrogens with zero attached hydrogens (tertiary/aromatic N) is 1. The van der Waals surface area contributed by atoms with E-state index in [4.69, 9.17) is 11.6 Å². The van der Waals surface area contributed by atoms with Crippen molar-refractivity contribution in [2.45, 2.75) is 11.3 Å². The third kappa shape index (κ3) is 1.28. The molecular formula is C10H7ClN2OS. The van der Waals surface area contributed by atoms with E-state index in [1.165, 1.54) is 0 Å². The summed E-state index contributed by atoms with van der Waals surface area (Å²) in [7, 11) is 0. The van der Waals surface area contributed by atoms with E-state index >= 15 is 0 Å². The van der Waals surface area contributed by atoms with Crippen LogP contribution in [-0.2, 0) is 6.42 Å². The van der Waals surface area contributed by atoms with Crippen LogP contribution in [0.4, 0.5) is 0 Å². The maximum Gasteiger partial charge on any atom is 0.272 e. The van der Waals surface area contributed by atoms with Crippen LogP contribution >= 0.6 is 23.4 Å². The summed E-state index contributed by atoms with van der Waals surface area (Å²) in [5, 5.41) is 8.91. The fraction of sp³-hybridized carbons (Fsp3) is 0.200. The number of aromatic amines is 1. The maximum atomic E-state index is 11.6. The predicted molar refractivity (Wildman–Crippen MR) is 61.8 cm³/mol. The van der Waals surface area contributed by atoms with Gasteiger partial charge in [0, 0.05) is 22.5 Å². The number of H-pyrrole nitrogens is 1. The van der Waals surface area contributed by atoms with Crippen LogP contribution < -0.4 is 5.56 Å². The summed E-state index contributed by atoms with van der Waals surface area (Å²) in [6, 6.07) is 3.54. The van der Waals surface area contributed by atoms with Gasteiger partial charge in [0.25, 0.3) is 5.56 Å². The van der Waals surface area contributed by atoms with Crippen LogP contribution in [0.2, 0.25) is 5.02 Å². The summed E-state index contributed by atoms with van der Waals surface area (Å²) in [6.07, 6.45) is 0.880. The Balaban J connectivity index is 2.58. The third-order valence-corrected chi connectivity index (χ3v) is 4.07. The van der Waals surface area contributed by atoms with Gasteiger partial charge in [-0.2, -0.15) is 5.10 Å². The Kier molecular flexibility index (Phi) is 2.00. The van der Waals surface area contributed by atoms with Gasteiger partial charge in [0.2, 0.25) is 0 Å². The first kappa shape index (κ1) is 9.24. The van der Waals surface area contributed by atoms with Crippen LogP contribution in [0.15, 0.2) is 21.8 Å². The lowest BCUT2D eigenvalue weighted by Gasteiger charge is -2.15. The van der Waals surface area contributed by atoms with Crippen LogP contribution in [0.1, 0.15) is 5.69 Å². The number of rotatable bonds is 0. The molecule has 0 radical (unpaired) electrons. The predicted octanol–water partition coefficient (Wildman–Crippen LogP) is 2.22. The van der Waals surface area contributed by atoms with Crippen molar-refractivity contribution < 1.29 is 0 Å². The molecule has 76 valence electrons. The van der Waals surface area contributed by atoms with Crippen LogP contribution in [0.25, 0.3) is 10.8 Å². The Labute approximate surface area is 94.8 Å². The van der Waals surface area contributed by atoms with Crippen LogP contribution in [-0.4, -0.2) is 16.0 Å². The molecule has 1 aliphatic heterocycles. The number of aromatic nitrogens is 2. The standard InChI is InChI=1S/C10H7ClN2OS/c11-6-2-1-5-8-7(12-13-10(5)14)3-4-15-9(6)8/h1-2H,3-4H2,(H,13,14). The molecule has 1 N–H and O–H groups in total. The molecule has 2 heterocycles. The first-order valence-corrected chi connectivity index (χ1v) is 5.96. The fourth-order valence-electron chi connectivity index (χ4n) is 1.84. The van der Waals surface area contributed by atoms with Gasteiger partial charge in [-0.05, 0) is 12.1 Å². The number of thioether (sulfide) groups is 1. The molecular weight excluding hydrogens is 232 g/mol. The topological polar surface area (TPSA) is 45.8 Å². The molecule has 0 fully saturated rings. The van der Waals surface area contributed by atoms with E-state index < -0.39 is 0 Å². The monoisotopic (exact) mass is 238 g/mol. The minimum atomic E-state index is -0.144. The van der Waals surface area contributed by atoms with Gasteiger partial charge in [0.15, 0.2) is 0 Å². The Bertz CT molecular complexity index is 608. The first-order chi connectivity index (χ1) is 7.27. The number of benzene rings is 1. The Morgan fingerprint density at radius 2 is 2.33 bits per heavy atom. The van der Waals surface area contributed by atoms with Gasteiger partial charge in [-0.3, -0.25) is 4.79 Å². The zero-order valence-electron chi connectivity index (χ0n) is 7.71. The summed E-state index contributed by atoms with van der Waals surface area (Å²) < 4.78 is 0. The van der Waals surface area contributed by atoms with E-state index in [0.29, 0.717) is 10.4 Å². The number of aryl methyl sites for hydroxylation is 1. The maximum absolute atomic E-state index is 11.6. The molecule has 1 aliphatic rings. The summed E-state index contributed by atoms with van der Waals surface area (Å²) in [6.45, 7) is 0. The minimum absolute atomic E-state index is 0.144. The SMILES string of the molecule is O=c1[nH]nc2c3c(c(Cl)ccc13)SCC2. The lowest BCUT2D eigenvalue weighted by atomic mass is 10.1. The van der Waals surface area contributed by atoms with Crippen LogP contribution in [0, 0.1) is 0 Å². The van der Waals surface area contributed by atoms with E-state index in [0.717, 1.165) is 28.1 Å². The molecule has 3 rings (SSSR count). The molecule has 0 saturated heterocycles. The van der Waals surface area contributed by atoms with Crippen molar-refractivity contribution in [1.29, 1.82) is 0 Å². The Hall–Kier alpha value is -1.000. The van der Waals surface area contributed by atoms with Crippen molar-refractivity contribution in [3.8, 4) is 0 Å². The summed E-state index contributed by atoms with van der Waals surface area (Å²) in [5.74, 6) is 0.963. The van der Waals surface area contributed by atoms with Crippen molar-refractivity contribution in [3.05, 3.63) is 33.2 Å². The zero-order chi connectivity index (χ0) is 10.4. The highest BCUT2D eigenvalue weighted by Gasteiger charge is 2.18. The average Bonchev–Trinajstić information content (AvgIpc) is 2.26. The lowest BCUT2D eigenvalue weighted by molar-refractivity contribution is 0.914. The quantitative estimate of drug-likeness (QED) is 0.766. The molecule has 1 aromatic heterocycles.